The Morgan fingerprint density at radius 2 is 2.05 bits per heavy atom. The topological polar surface area (TPSA) is 38.5 Å². The molecule has 2 rings (SSSR count). The van der Waals surface area contributed by atoms with Crippen molar-refractivity contribution in [3.8, 4) is 5.75 Å². The van der Waals surface area contributed by atoms with Crippen LogP contribution in [0, 0.1) is 5.92 Å². The molecule has 1 atom stereocenters. The maximum atomic E-state index is 6.03. The minimum Gasteiger partial charge on any atom is -0.497 e. The van der Waals surface area contributed by atoms with Gasteiger partial charge in [0.15, 0.2) is 0 Å². The molecule has 2 N–H and O–H groups in total. The van der Waals surface area contributed by atoms with Crippen LogP contribution in [0.5, 0.6) is 5.75 Å². The van der Waals surface area contributed by atoms with Crippen LogP contribution in [0.25, 0.3) is 0 Å². The minimum absolute atomic E-state index is 0.421. The van der Waals surface area contributed by atoms with Crippen LogP contribution in [0.2, 0.25) is 0 Å². The molecule has 112 valence electrons. The Hall–Kier alpha value is -1.22. The van der Waals surface area contributed by atoms with Gasteiger partial charge in [-0.15, -0.1) is 0 Å². The third-order valence-corrected chi connectivity index (χ3v) is 4.61. The first-order chi connectivity index (χ1) is 9.74. The van der Waals surface area contributed by atoms with Crippen molar-refractivity contribution in [2.75, 3.05) is 25.6 Å². The Morgan fingerprint density at radius 3 is 2.70 bits per heavy atom. The van der Waals surface area contributed by atoms with E-state index in [1.165, 1.54) is 44.2 Å². The minimum atomic E-state index is 0.421. The molecule has 0 saturated heterocycles. The number of hydrogen-bond donors (Lipinski definition) is 1. The average molecular weight is 276 g/mol. The summed E-state index contributed by atoms with van der Waals surface area (Å²) in [6, 6.07) is 8.66. The van der Waals surface area contributed by atoms with E-state index in [4.69, 9.17) is 10.5 Å². The van der Waals surface area contributed by atoms with Gasteiger partial charge in [0.05, 0.1) is 7.11 Å². The van der Waals surface area contributed by atoms with E-state index in [1.54, 1.807) is 7.11 Å². The quantitative estimate of drug-likeness (QED) is 0.865. The first-order valence-corrected chi connectivity index (χ1v) is 7.81. The molecule has 1 fully saturated rings. The third-order valence-electron chi connectivity index (χ3n) is 4.61. The second kappa shape index (κ2) is 7.53. The predicted octanol–water partition coefficient (Wildman–Crippen LogP) is 3.43. The third kappa shape index (κ3) is 3.89. The maximum Gasteiger partial charge on any atom is 0.120 e. The van der Waals surface area contributed by atoms with Gasteiger partial charge in [0.2, 0.25) is 0 Å². The Kier molecular flexibility index (Phi) is 5.72. The van der Waals surface area contributed by atoms with Gasteiger partial charge in [-0.05, 0) is 24.5 Å². The van der Waals surface area contributed by atoms with Gasteiger partial charge in [0, 0.05) is 31.4 Å². The highest BCUT2D eigenvalue weighted by Gasteiger charge is 2.21. The summed E-state index contributed by atoms with van der Waals surface area (Å²) in [6.45, 7) is 0.713. The normalized spacial score (nSPS) is 17.8. The van der Waals surface area contributed by atoms with Crippen LogP contribution >= 0.6 is 0 Å². The summed E-state index contributed by atoms with van der Waals surface area (Å²) in [5, 5.41) is 0. The SMILES string of the molecule is COc1cccc(N(C)C(CN)CC2CCCCC2)c1. The van der Waals surface area contributed by atoms with Gasteiger partial charge < -0.3 is 15.4 Å². The summed E-state index contributed by atoms with van der Waals surface area (Å²) in [5.41, 5.74) is 7.22. The molecule has 1 aromatic rings. The Morgan fingerprint density at radius 1 is 1.30 bits per heavy atom. The summed E-state index contributed by atoms with van der Waals surface area (Å²) in [6.07, 6.45) is 8.17. The molecule has 1 aromatic carbocycles. The highest BCUT2D eigenvalue weighted by molar-refractivity contribution is 5.51. The molecule has 0 radical (unpaired) electrons. The predicted molar refractivity (Wildman–Crippen MR) is 85.4 cm³/mol. The zero-order chi connectivity index (χ0) is 14.4. The van der Waals surface area contributed by atoms with Gasteiger partial charge in [0.25, 0.3) is 0 Å². The van der Waals surface area contributed by atoms with Crippen LogP contribution in [0.15, 0.2) is 24.3 Å². The van der Waals surface area contributed by atoms with Gasteiger partial charge in [-0.25, -0.2) is 0 Å². The van der Waals surface area contributed by atoms with E-state index in [-0.39, 0.29) is 0 Å². The Bertz CT molecular complexity index is 402. The highest BCUT2D eigenvalue weighted by Crippen LogP contribution is 2.30. The molecule has 1 unspecified atom stereocenters. The summed E-state index contributed by atoms with van der Waals surface area (Å²) in [7, 11) is 3.86. The van der Waals surface area contributed by atoms with Crippen molar-refractivity contribution < 1.29 is 4.74 Å². The first kappa shape index (κ1) is 15.2. The molecular formula is C17H28N2O. The van der Waals surface area contributed by atoms with Crippen molar-refractivity contribution in [3.05, 3.63) is 24.3 Å². The number of anilines is 1. The van der Waals surface area contributed by atoms with Crippen molar-refractivity contribution in [3.63, 3.8) is 0 Å². The summed E-state index contributed by atoms with van der Waals surface area (Å²) in [4.78, 5) is 2.32. The molecule has 1 saturated carbocycles. The van der Waals surface area contributed by atoms with Crippen LogP contribution in [-0.2, 0) is 0 Å². The van der Waals surface area contributed by atoms with E-state index in [9.17, 15) is 0 Å². The lowest BCUT2D eigenvalue weighted by molar-refractivity contribution is 0.316. The number of likely N-dealkylation sites (N-methyl/N-ethyl adjacent to an activating group) is 1. The maximum absolute atomic E-state index is 6.03. The second-order valence-electron chi connectivity index (χ2n) is 5.94. The van der Waals surface area contributed by atoms with Crippen LogP contribution in [0.4, 0.5) is 5.69 Å². The number of nitrogens with two attached hydrogens (primary N) is 1. The zero-order valence-electron chi connectivity index (χ0n) is 12.8. The fourth-order valence-corrected chi connectivity index (χ4v) is 3.26. The molecule has 1 aliphatic rings. The number of hydrogen-bond acceptors (Lipinski definition) is 3. The van der Waals surface area contributed by atoms with Crippen LogP contribution in [0.3, 0.4) is 0 Å². The number of nitrogens with zero attached hydrogens (tertiary/aromatic N) is 1. The van der Waals surface area contributed by atoms with E-state index < -0.39 is 0 Å². The van der Waals surface area contributed by atoms with Gasteiger partial charge in [-0.1, -0.05) is 38.2 Å². The molecule has 0 spiro atoms. The first-order valence-electron chi connectivity index (χ1n) is 7.81. The lowest BCUT2D eigenvalue weighted by atomic mass is 9.84. The smallest absolute Gasteiger partial charge is 0.120 e. The van der Waals surface area contributed by atoms with Gasteiger partial charge >= 0.3 is 0 Å². The van der Waals surface area contributed by atoms with E-state index in [0.29, 0.717) is 12.6 Å². The number of rotatable bonds is 6. The van der Waals surface area contributed by atoms with E-state index in [1.807, 2.05) is 12.1 Å². The van der Waals surface area contributed by atoms with Gasteiger partial charge in [-0.3, -0.25) is 0 Å². The molecule has 3 heteroatoms. The number of methoxy groups -OCH3 is 1. The molecule has 0 heterocycles. The van der Waals surface area contributed by atoms with Crippen molar-refractivity contribution in [1.82, 2.24) is 0 Å². The second-order valence-corrected chi connectivity index (χ2v) is 5.94. The van der Waals surface area contributed by atoms with E-state index >= 15 is 0 Å². The molecule has 20 heavy (non-hydrogen) atoms. The fourth-order valence-electron chi connectivity index (χ4n) is 3.26. The molecule has 0 amide bonds. The molecule has 0 aliphatic heterocycles. The van der Waals surface area contributed by atoms with Crippen LogP contribution in [0.1, 0.15) is 38.5 Å². The standard InChI is InChI=1S/C17H28N2O/c1-19(15-9-6-10-17(12-15)20-2)16(13-18)11-14-7-4-3-5-8-14/h6,9-10,12,14,16H,3-5,7-8,11,13,18H2,1-2H3. The average Bonchev–Trinajstić information content (AvgIpc) is 2.53. The monoisotopic (exact) mass is 276 g/mol. The molecule has 0 aromatic heterocycles. The molecule has 3 nitrogen and oxygen atoms in total. The van der Waals surface area contributed by atoms with Crippen molar-refractivity contribution in [2.24, 2.45) is 11.7 Å². The zero-order valence-corrected chi connectivity index (χ0v) is 12.8. The van der Waals surface area contributed by atoms with Crippen molar-refractivity contribution >= 4 is 5.69 Å². The lowest BCUT2D eigenvalue weighted by Crippen LogP contribution is -2.39. The molecule has 1 aliphatic carbocycles. The molecule has 0 bridgehead atoms. The Labute approximate surface area is 123 Å². The van der Waals surface area contributed by atoms with Crippen molar-refractivity contribution in [2.45, 2.75) is 44.6 Å². The summed E-state index contributed by atoms with van der Waals surface area (Å²) < 4.78 is 5.31. The van der Waals surface area contributed by atoms with Crippen LogP contribution in [-0.4, -0.2) is 26.7 Å². The number of benzene rings is 1. The summed E-state index contributed by atoms with van der Waals surface area (Å²) in [5.74, 6) is 1.76. The largest absolute Gasteiger partial charge is 0.497 e. The fraction of sp³-hybridized carbons (Fsp3) is 0.647. The Balaban J connectivity index is 2.01. The van der Waals surface area contributed by atoms with Crippen LogP contribution < -0.4 is 15.4 Å². The molecular weight excluding hydrogens is 248 g/mol. The summed E-state index contributed by atoms with van der Waals surface area (Å²) >= 11 is 0. The number of ether oxygens (including phenoxy) is 1. The van der Waals surface area contributed by atoms with Gasteiger partial charge in [0.1, 0.15) is 5.75 Å². The van der Waals surface area contributed by atoms with E-state index in [2.05, 4.69) is 24.1 Å². The lowest BCUT2D eigenvalue weighted by Gasteiger charge is -2.33. The van der Waals surface area contributed by atoms with E-state index in [0.717, 1.165) is 11.7 Å². The highest BCUT2D eigenvalue weighted by atomic mass is 16.5. The van der Waals surface area contributed by atoms with Gasteiger partial charge in [-0.2, -0.15) is 0 Å². The van der Waals surface area contributed by atoms with Crippen molar-refractivity contribution in [1.29, 1.82) is 0 Å².